The monoisotopic (exact) mass is 254 g/mol. The Morgan fingerprint density at radius 3 is 1.94 bits per heavy atom. The molecule has 2 rings (SSSR count). The predicted octanol–water partition coefficient (Wildman–Crippen LogP) is 4.93. The summed E-state index contributed by atoms with van der Waals surface area (Å²) in [4.78, 5) is 0. The van der Waals surface area contributed by atoms with Crippen LogP contribution in [0, 0.1) is 0 Å². The van der Waals surface area contributed by atoms with Crippen LogP contribution >= 0.6 is 0 Å². The minimum atomic E-state index is -4.88. The van der Waals surface area contributed by atoms with E-state index in [0.29, 0.717) is 5.56 Å². The van der Waals surface area contributed by atoms with Crippen molar-refractivity contribution in [3.8, 4) is 11.1 Å². The Balaban J connectivity index is 2.51. The van der Waals surface area contributed by atoms with E-state index in [9.17, 15) is 17.6 Å². The van der Waals surface area contributed by atoms with Crippen LogP contribution in [0.1, 0.15) is 11.7 Å². The van der Waals surface area contributed by atoms with Crippen molar-refractivity contribution < 1.29 is 17.6 Å². The maximum absolute atomic E-state index is 13.5. The average molecular weight is 254 g/mol. The van der Waals surface area contributed by atoms with Crippen LogP contribution in [0.3, 0.4) is 0 Å². The number of hydrogen-bond acceptors (Lipinski definition) is 0. The summed E-state index contributed by atoms with van der Waals surface area (Å²) in [6.45, 7) is 0. The van der Waals surface area contributed by atoms with Crippen molar-refractivity contribution >= 4 is 0 Å². The minimum absolute atomic E-state index is 0.267. The summed E-state index contributed by atoms with van der Waals surface area (Å²) in [5.41, 5.74) is 0.485. The van der Waals surface area contributed by atoms with Gasteiger partial charge in [-0.2, -0.15) is 13.2 Å². The van der Waals surface area contributed by atoms with Crippen LogP contribution in [0.4, 0.5) is 17.6 Å². The molecule has 0 heterocycles. The van der Waals surface area contributed by atoms with Gasteiger partial charge in [-0.05, 0) is 11.1 Å². The Kier molecular flexibility index (Phi) is 3.36. The molecule has 1 atom stereocenters. The molecule has 0 aliphatic heterocycles. The van der Waals surface area contributed by atoms with Crippen LogP contribution in [-0.4, -0.2) is 6.18 Å². The molecule has 0 aliphatic carbocycles. The second kappa shape index (κ2) is 4.80. The molecule has 0 amide bonds. The highest BCUT2D eigenvalue weighted by molar-refractivity contribution is 5.67. The normalized spacial score (nSPS) is 13.3. The first kappa shape index (κ1) is 12.6. The fourth-order valence-corrected chi connectivity index (χ4v) is 1.77. The first-order chi connectivity index (χ1) is 8.50. The molecule has 0 aliphatic rings. The third kappa shape index (κ3) is 2.53. The summed E-state index contributed by atoms with van der Waals surface area (Å²) in [5, 5.41) is 0. The molecule has 0 nitrogen and oxygen atoms in total. The fourth-order valence-electron chi connectivity index (χ4n) is 1.77. The van der Waals surface area contributed by atoms with Gasteiger partial charge in [-0.1, -0.05) is 54.6 Å². The summed E-state index contributed by atoms with van der Waals surface area (Å²) in [6.07, 6.45) is -7.85. The number of hydrogen-bond donors (Lipinski definition) is 0. The molecule has 94 valence electrons. The molecule has 2 aromatic rings. The third-order valence-corrected chi connectivity index (χ3v) is 2.61. The van der Waals surface area contributed by atoms with Crippen molar-refractivity contribution in [3.05, 3.63) is 60.2 Å². The van der Waals surface area contributed by atoms with E-state index in [1.165, 1.54) is 18.2 Å². The van der Waals surface area contributed by atoms with E-state index in [4.69, 9.17) is 0 Å². The maximum Gasteiger partial charge on any atom is 0.423 e. The maximum atomic E-state index is 13.5. The van der Waals surface area contributed by atoms with Crippen molar-refractivity contribution in [2.45, 2.75) is 12.3 Å². The van der Waals surface area contributed by atoms with Crippen LogP contribution < -0.4 is 0 Å². The molecule has 0 N–H and O–H groups in total. The second-order valence-corrected chi connectivity index (χ2v) is 3.86. The lowest BCUT2D eigenvalue weighted by Gasteiger charge is -2.16. The zero-order valence-electron chi connectivity index (χ0n) is 9.29. The van der Waals surface area contributed by atoms with Gasteiger partial charge in [0.25, 0.3) is 0 Å². The van der Waals surface area contributed by atoms with Crippen molar-refractivity contribution in [2.24, 2.45) is 0 Å². The lowest BCUT2D eigenvalue weighted by Crippen LogP contribution is -2.17. The van der Waals surface area contributed by atoms with Gasteiger partial charge in [-0.15, -0.1) is 0 Å². The summed E-state index contributed by atoms with van der Waals surface area (Å²) in [5.74, 6) is 0. The molecule has 4 heteroatoms. The van der Waals surface area contributed by atoms with Gasteiger partial charge in [0.1, 0.15) is 0 Å². The number of halogens is 4. The standard InChI is InChI=1S/C14H10F4/c15-13(14(16,17)18)12-9-5-4-8-11(12)10-6-2-1-3-7-10/h1-9,13H. The van der Waals surface area contributed by atoms with Crippen LogP contribution in [0.15, 0.2) is 54.6 Å². The highest BCUT2D eigenvalue weighted by atomic mass is 19.4. The van der Waals surface area contributed by atoms with Gasteiger partial charge in [0, 0.05) is 5.56 Å². The van der Waals surface area contributed by atoms with E-state index in [-0.39, 0.29) is 11.1 Å². The molecule has 0 radical (unpaired) electrons. The van der Waals surface area contributed by atoms with Gasteiger partial charge < -0.3 is 0 Å². The third-order valence-electron chi connectivity index (χ3n) is 2.61. The summed E-state index contributed by atoms with van der Waals surface area (Å²) in [6, 6.07) is 14.1. The number of benzene rings is 2. The fraction of sp³-hybridized carbons (Fsp3) is 0.143. The lowest BCUT2D eigenvalue weighted by molar-refractivity contribution is -0.182. The second-order valence-electron chi connectivity index (χ2n) is 3.86. The summed E-state index contributed by atoms with van der Waals surface area (Å²) in [7, 11) is 0. The quantitative estimate of drug-likeness (QED) is 0.667. The molecule has 0 saturated heterocycles. The van der Waals surface area contributed by atoms with Crippen LogP contribution in [0.5, 0.6) is 0 Å². The Labute approximate surface area is 102 Å². The van der Waals surface area contributed by atoms with Crippen LogP contribution in [0.25, 0.3) is 11.1 Å². The van der Waals surface area contributed by atoms with Gasteiger partial charge >= 0.3 is 6.18 Å². The van der Waals surface area contributed by atoms with Gasteiger partial charge in [-0.25, -0.2) is 4.39 Å². The SMILES string of the molecule is FC(c1ccccc1-c1ccccc1)C(F)(F)F. The molecule has 0 saturated carbocycles. The van der Waals surface area contributed by atoms with Crippen molar-refractivity contribution in [1.82, 2.24) is 0 Å². The smallest absolute Gasteiger partial charge is 0.232 e. The molecular weight excluding hydrogens is 244 g/mol. The highest BCUT2D eigenvalue weighted by Crippen LogP contribution is 2.40. The molecule has 2 aromatic carbocycles. The van der Waals surface area contributed by atoms with Gasteiger partial charge in [0.2, 0.25) is 6.17 Å². The van der Waals surface area contributed by atoms with Gasteiger partial charge in [-0.3, -0.25) is 0 Å². The molecule has 1 unspecified atom stereocenters. The molecule has 0 aromatic heterocycles. The topological polar surface area (TPSA) is 0 Å². The zero-order chi connectivity index (χ0) is 13.2. The average Bonchev–Trinajstić information content (AvgIpc) is 2.38. The minimum Gasteiger partial charge on any atom is -0.232 e. The zero-order valence-corrected chi connectivity index (χ0v) is 9.29. The van der Waals surface area contributed by atoms with Crippen molar-refractivity contribution in [3.63, 3.8) is 0 Å². The van der Waals surface area contributed by atoms with Crippen molar-refractivity contribution in [2.75, 3.05) is 0 Å². The number of rotatable bonds is 2. The molecule has 18 heavy (non-hydrogen) atoms. The first-order valence-electron chi connectivity index (χ1n) is 5.35. The Bertz CT molecular complexity index is 517. The Morgan fingerprint density at radius 2 is 1.33 bits per heavy atom. The summed E-state index contributed by atoms with van der Waals surface area (Å²) >= 11 is 0. The van der Waals surface area contributed by atoms with Gasteiger partial charge in [0.15, 0.2) is 0 Å². The van der Waals surface area contributed by atoms with Crippen molar-refractivity contribution in [1.29, 1.82) is 0 Å². The molecule has 0 bridgehead atoms. The largest absolute Gasteiger partial charge is 0.423 e. The Hall–Kier alpha value is -1.84. The van der Waals surface area contributed by atoms with Crippen LogP contribution in [0.2, 0.25) is 0 Å². The molecule has 0 fully saturated rings. The highest BCUT2D eigenvalue weighted by Gasteiger charge is 2.42. The van der Waals surface area contributed by atoms with E-state index in [2.05, 4.69) is 0 Å². The van der Waals surface area contributed by atoms with Gasteiger partial charge in [0.05, 0.1) is 0 Å². The number of alkyl halides is 4. The van der Waals surface area contributed by atoms with E-state index >= 15 is 0 Å². The molecular formula is C14H10F4. The predicted molar refractivity (Wildman–Crippen MR) is 61.8 cm³/mol. The van der Waals surface area contributed by atoms with Crippen LogP contribution in [-0.2, 0) is 0 Å². The van der Waals surface area contributed by atoms with E-state index in [1.807, 2.05) is 0 Å². The first-order valence-corrected chi connectivity index (χ1v) is 5.35. The van der Waals surface area contributed by atoms with E-state index < -0.39 is 12.3 Å². The Morgan fingerprint density at radius 1 is 0.778 bits per heavy atom. The molecule has 0 spiro atoms. The van der Waals surface area contributed by atoms with E-state index in [1.54, 1.807) is 36.4 Å². The lowest BCUT2D eigenvalue weighted by atomic mass is 9.97. The summed E-state index contributed by atoms with van der Waals surface area (Å²) < 4.78 is 50.8. The van der Waals surface area contributed by atoms with E-state index in [0.717, 1.165) is 0 Å².